The molecule has 3 aromatic carbocycles. The van der Waals surface area contributed by atoms with Crippen molar-refractivity contribution in [1.29, 1.82) is 0 Å². The van der Waals surface area contributed by atoms with Crippen molar-refractivity contribution in [2.24, 2.45) is 0 Å². The molecule has 42 heavy (non-hydrogen) atoms. The lowest BCUT2D eigenvalue weighted by Crippen LogP contribution is -2.40. The van der Waals surface area contributed by atoms with Gasteiger partial charge in [0.2, 0.25) is 0 Å². The number of hydrogen-bond acceptors (Lipinski definition) is 5. The summed E-state index contributed by atoms with van der Waals surface area (Å²) >= 11 is 7.21. The summed E-state index contributed by atoms with van der Waals surface area (Å²) in [7, 11) is 1.62. The van der Waals surface area contributed by atoms with E-state index >= 15 is 0 Å². The Bertz CT molecular complexity index is 1530. The molecular formula is C35H33Br2NO4. The number of benzene rings is 3. The minimum Gasteiger partial charge on any atom is -0.493 e. The van der Waals surface area contributed by atoms with Crippen molar-refractivity contribution in [1.82, 2.24) is 4.90 Å². The van der Waals surface area contributed by atoms with Crippen molar-refractivity contribution < 1.29 is 19.1 Å². The zero-order valence-electron chi connectivity index (χ0n) is 23.6. The molecule has 3 aromatic rings. The first-order valence-electron chi connectivity index (χ1n) is 14.5. The minimum absolute atomic E-state index is 0.140. The number of ketones is 2. The van der Waals surface area contributed by atoms with E-state index in [2.05, 4.69) is 61.0 Å². The molecule has 2 aliphatic carbocycles. The van der Waals surface area contributed by atoms with E-state index in [0.717, 1.165) is 81.3 Å². The molecule has 0 aromatic heterocycles. The van der Waals surface area contributed by atoms with Crippen LogP contribution < -0.4 is 9.47 Å². The van der Waals surface area contributed by atoms with Gasteiger partial charge < -0.3 is 14.4 Å². The Morgan fingerprint density at radius 3 is 2.07 bits per heavy atom. The lowest BCUT2D eigenvalue weighted by atomic mass is 9.71. The number of carbonyl (C=O) groups is 2. The van der Waals surface area contributed by atoms with Crippen LogP contribution in [-0.4, -0.2) is 30.1 Å². The Balaban J connectivity index is 1.40. The molecule has 0 unspecified atom stereocenters. The number of hydrogen-bond donors (Lipinski definition) is 0. The van der Waals surface area contributed by atoms with Gasteiger partial charge in [0, 0.05) is 52.3 Å². The topological polar surface area (TPSA) is 55.8 Å². The van der Waals surface area contributed by atoms with Gasteiger partial charge in [-0.15, -0.1) is 0 Å². The first-order chi connectivity index (χ1) is 20.4. The molecular weight excluding hydrogens is 658 g/mol. The third kappa shape index (κ3) is 5.73. The highest BCUT2D eigenvalue weighted by atomic mass is 79.9. The van der Waals surface area contributed by atoms with Gasteiger partial charge in [-0.05, 0) is 89.0 Å². The molecule has 3 aliphatic rings. The third-order valence-electron chi connectivity index (χ3n) is 8.43. The number of halogens is 2. The summed E-state index contributed by atoms with van der Waals surface area (Å²) in [5.41, 5.74) is 6.90. The quantitative estimate of drug-likeness (QED) is 0.237. The van der Waals surface area contributed by atoms with Gasteiger partial charge in [-0.3, -0.25) is 9.59 Å². The molecule has 0 amide bonds. The Kier molecular flexibility index (Phi) is 8.68. The minimum atomic E-state index is -0.408. The largest absolute Gasteiger partial charge is 0.493 e. The summed E-state index contributed by atoms with van der Waals surface area (Å²) in [6.07, 6.45) is 5.20. The van der Waals surface area contributed by atoms with Crippen LogP contribution >= 0.6 is 31.9 Å². The van der Waals surface area contributed by atoms with E-state index in [1.807, 2.05) is 42.5 Å². The molecule has 0 bridgehead atoms. The van der Waals surface area contributed by atoms with E-state index in [1.165, 1.54) is 5.56 Å². The van der Waals surface area contributed by atoms with Crippen molar-refractivity contribution in [2.75, 3.05) is 13.7 Å². The fourth-order valence-corrected chi connectivity index (χ4v) is 7.33. The Labute approximate surface area is 263 Å². The molecule has 7 heteroatoms. The summed E-state index contributed by atoms with van der Waals surface area (Å²) in [5, 5.41) is 0. The molecule has 5 nitrogen and oxygen atoms in total. The molecule has 0 spiro atoms. The van der Waals surface area contributed by atoms with Gasteiger partial charge in [-0.1, -0.05) is 58.4 Å². The summed E-state index contributed by atoms with van der Waals surface area (Å²) < 4.78 is 13.8. The second-order valence-electron chi connectivity index (χ2n) is 11.0. The second kappa shape index (κ2) is 12.6. The second-order valence-corrected chi connectivity index (χ2v) is 12.8. The molecule has 0 fully saturated rings. The maximum Gasteiger partial charge on any atom is 0.175 e. The zero-order valence-corrected chi connectivity index (χ0v) is 26.8. The van der Waals surface area contributed by atoms with Crippen LogP contribution in [0.3, 0.4) is 0 Å². The number of methoxy groups -OCH3 is 1. The van der Waals surface area contributed by atoms with E-state index in [0.29, 0.717) is 30.9 Å². The van der Waals surface area contributed by atoms with Crippen LogP contribution in [0.5, 0.6) is 11.5 Å². The normalized spacial score (nSPS) is 17.4. The number of carbonyl (C=O) groups excluding carboxylic acids is 2. The van der Waals surface area contributed by atoms with Crippen molar-refractivity contribution >= 4 is 43.4 Å². The maximum absolute atomic E-state index is 13.7. The van der Waals surface area contributed by atoms with Crippen molar-refractivity contribution in [3.63, 3.8) is 0 Å². The van der Waals surface area contributed by atoms with Crippen molar-refractivity contribution in [2.45, 2.75) is 57.5 Å². The molecule has 1 aliphatic heterocycles. The molecule has 1 heterocycles. The lowest BCUT2D eigenvalue weighted by Gasteiger charge is -2.44. The van der Waals surface area contributed by atoms with Crippen LogP contribution in [0.4, 0.5) is 0 Å². The summed E-state index contributed by atoms with van der Waals surface area (Å²) in [4.78, 5) is 29.8. The van der Waals surface area contributed by atoms with Gasteiger partial charge in [0.25, 0.3) is 0 Å². The smallest absolute Gasteiger partial charge is 0.175 e. The number of ether oxygens (including phenoxy) is 2. The number of Topliss-reactive ketones (excluding diaryl/α,β-unsaturated/α-hetero) is 2. The Morgan fingerprint density at radius 2 is 1.45 bits per heavy atom. The molecule has 0 radical (unpaired) electrons. The molecule has 0 saturated heterocycles. The van der Waals surface area contributed by atoms with Gasteiger partial charge >= 0.3 is 0 Å². The SMILES string of the molecule is COc1cc(C2C3=C(CCCC3=O)N(CCc3ccccc3)C3=C2C(=O)CCC3)cc(Br)c1OCc1ccc(Br)cc1. The van der Waals surface area contributed by atoms with Gasteiger partial charge in [-0.25, -0.2) is 0 Å². The van der Waals surface area contributed by atoms with E-state index in [1.54, 1.807) is 7.11 Å². The predicted molar refractivity (Wildman–Crippen MR) is 171 cm³/mol. The summed E-state index contributed by atoms with van der Waals surface area (Å²) in [6, 6.07) is 22.4. The molecule has 0 N–H and O–H groups in total. The average molecular weight is 691 g/mol. The lowest BCUT2D eigenvalue weighted by molar-refractivity contribution is -0.117. The summed E-state index contributed by atoms with van der Waals surface area (Å²) in [5.74, 6) is 1.04. The van der Waals surface area contributed by atoms with Gasteiger partial charge in [-0.2, -0.15) is 0 Å². The highest BCUT2D eigenvalue weighted by molar-refractivity contribution is 9.10. The molecule has 6 rings (SSSR count). The van der Waals surface area contributed by atoms with Crippen molar-refractivity contribution in [3.8, 4) is 11.5 Å². The number of allylic oxidation sites excluding steroid dienone is 4. The van der Waals surface area contributed by atoms with Crippen LogP contribution in [0, 0.1) is 0 Å². The van der Waals surface area contributed by atoms with E-state index < -0.39 is 5.92 Å². The molecule has 216 valence electrons. The number of rotatable bonds is 8. The fourth-order valence-electron chi connectivity index (χ4n) is 6.49. The molecule has 0 saturated carbocycles. The summed E-state index contributed by atoms with van der Waals surface area (Å²) in [6.45, 7) is 1.13. The van der Waals surface area contributed by atoms with E-state index in [4.69, 9.17) is 9.47 Å². The van der Waals surface area contributed by atoms with Gasteiger partial charge in [0.15, 0.2) is 23.1 Å². The van der Waals surface area contributed by atoms with Crippen LogP contribution in [0.1, 0.15) is 61.1 Å². The Morgan fingerprint density at radius 1 is 0.810 bits per heavy atom. The monoisotopic (exact) mass is 689 g/mol. The van der Waals surface area contributed by atoms with Crippen LogP contribution in [-0.2, 0) is 22.6 Å². The first kappa shape index (κ1) is 28.9. The fraction of sp³-hybridized carbons (Fsp3) is 0.314. The van der Waals surface area contributed by atoms with E-state index in [-0.39, 0.29) is 11.6 Å². The standard InChI is InChI=1S/C35H33Br2NO4/c1-41-31-20-24(19-26(37)35(31)42-21-23-13-15-25(36)16-14-23)32-33-27(9-5-11-29(33)39)38(18-17-22-7-3-2-4-8-22)28-10-6-12-30(40)34(28)32/h2-4,7-8,13-16,19-20,32H,5-6,9-12,17-18,21H2,1H3. The predicted octanol–water partition coefficient (Wildman–Crippen LogP) is 8.46. The highest BCUT2D eigenvalue weighted by Gasteiger charge is 2.43. The average Bonchev–Trinajstić information content (AvgIpc) is 3.00. The number of nitrogens with zero attached hydrogens (tertiary/aromatic N) is 1. The van der Waals surface area contributed by atoms with Gasteiger partial charge in [0.05, 0.1) is 11.6 Å². The van der Waals surface area contributed by atoms with Crippen LogP contribution in [0.25, 0.3) is 0 Å². The zero-order chi connectivity index (χ0) is 29.2. The maximum atomic E-state index is 13.7. The van der Waals surface area contributed by atoms with E-state index in [9.17, 15) is 9.59 Å². The Hall–Kier alpha value is -3.16. The molecule has 0 atom stereocenters. The van der Waals surface area contributed by atoms with Crippen LogP contribution in [0.15, 0.2) is 98.2 Å². The van der Waals surface area contributed by atoms with Crippen LogP contribution in [0.2, 0.25) is 0 Å². The highest BCUT2D eigenvalue weighted by Crippen LogP contribution is 2.51. The third-order valence-corrected chi connectivity index (χ3v) is 9.55. The van der Waals surface area contributed by atoms with Gasteiger partial charge in [0.1, 0.15) is 6.61 Å². The van der Waals surface area contributed by atoms with Crippen molar-refractivity contribution in [3.05, 3.63) is 115 Å². The first-order valence-corrected chi connectivity index (χ1v) is 16.1.